The van der Waals surface area contributed by atoms with Gasteiger partial charge in [-0.2, -0.15) is 0 Å². The van der Waals surface area contributed by atoms with Crippen LogP contribution in [0.4, 0.5) is 0 Å². The van der Waals surface area contributed by atoms with E-state index >= 15 is 0 Å². The molecule has 0 radical (unpaired) electrons. The zero-order valence-corrected chi connectivity index (χ0v) is 20.8. The van der Waals surface area contributed by atoms with Crippen LogP contribution in [0.2, 0.25) is 0 Å². The van der Waals surface area contributed by atoms with Crippen LogP contribution >= 0.6 is 0 Å². The fourth-order valence-electron chi connectivity index (χ4n) is 4.44. The first-order valence-electron chi connectivity index (χ1n) is 12.3. The largest absolute Gasteiger partial charge is 0.480 e. The Hall–Kier alpha value is -3.38. The van der Waals surface area contributed by atoms with E-state index in [1.54, 1.807) is 20.8 Å². The second-order valence-corrected chi connectivity index (χ2v) is 9.27. The number of nitrogens with zero attached hydrogens (tertiary/aromatic N) is 4. The molecule has 1 fully saturated rings. The predicted octanol–water partition coefficient (Wildman–Crippen LogP) is 0.498. The number of ketones is 1. The summed E-state index contributed by atoms with van der Waals surface area (Å²) in [6.07, 6.45) is 0. The number of carboxylic acid groups (broad SMARTS) is 3. The van der Waals surface area contributed by atoms with Gasteiger partial charge < -0.3 is 15.3 Å². The summed E-state index contributed by atoms with van der Waals surface area (Å²) in [4.78, 5) is 54.4. The monoisotopic (exact) mass is 514 g/mol. The first-order chi connectivity index (χ1) is 17.7. The molecule has 1 aliphatic heterocycles. The van der Waals surface area contributed by atoms with Crippen LogP contribution in [0.3, 0.4) is 0 Å². The molecule has 0 aromatic heterocycles. The standard InChI is InChI=1S/C26H34N4O7/c31-23(22-6-5-20-3-1-2-4-21(20)15-22)16-27-7-9-28(17-24(32)33)11-13-30(19-26(36)37)14-12-29(10-8-27)18-25(34)35/h1-6,15H,7-14,16-19H2,(H,32,33)(H,34,35)(H,36,37). The Kier molecular flexibility index (Phi) is 10.5. The summed E-state index contributed by atoms with van der Waals surface area (Å²) in [7, 11) is 0. The molecule has 0 unspecified atom stereocenters. The van der Waals surface area contributed by atoms with Crippen molar-refractivity contribution in [3.8, 4) is 0 Å². The van der Waals surface area contributed by atoms with Gasteiger partial charge in [-0.15, -0.1) is 0 Å². The number of carbonyl (C=O) groups is 4. The highest BCUT2D eigenvalue weighted by atomic mass is 16.4. The molecule has 11 heteroatoms. The lowest BCUT2D eigenvalue weighted by atomic mass is 10.0. The van der Waals surface area contributed by atoms with E-state index in [4.69, 9.17) is 0 Å². The Balaban J connectivity index is 1.76. The van der Waals surface area contributed by atoms with Crippen molar-refractivity contribution in [3.05, 3.63) is 48.0 Å². The second kappa shape index (κ2) is 13.8. The van der Waals surface area contributed by atoms with Gasteiger partial charge in [0.15, 0.2) is 5.78 Å². The van der Waals surface area contributed by atoms with Gasteiger partial charge in [0.25, 0.3) is 0 Å². The molecule has 3 rings (SSSR count). The van der Waals surface area contributed by atoms with Crippen molar-refractivity contribution in [1.29, 1.82) is 0 Å². The maximum atomic E-state index is 13.2. The fraction of sp³-hybridized carbons (Fsp3) is 0.462. The first-order valence-corrected chi connectivity index (χ1v) is 12.3. The number of Topliss-reactive ketones (excluding diaryl/α,β-unsaturated/α-hetero) is 1. The maximum absolute atomic E-state index is 13.2. The summed E-state index contributed by atoms with van der Waals surface area (Å²) in [6.45, 7) is 2.41. The molecular formula is C26H34N4O7. The van der Waals surface area contributed by atoms with Crippen molar-refractivity contribution in [2.75, 3.05) is 78.5 Å². The zero-order valence-electron chi connectivity index (χ0n) is 20.8. The average Bonchev–Trinajstić information content (AvgIpc) is 2.84. The lowest BCUT2D eigenvalue weighted by Gasteiger charge is -2.32. The quantitative estimate of drug-likeness (QED) is 0.403. The minimum absolute atomic E-state index is 0.0694. The summed E-state index contributed by atoms with van der Waals surface area (Å²) >= 11 is 0. The molecule has 200 valence electrons. The number of fused-ring (bicyclic) bond motifs is 1. The minimum Gasteiger partial charge on any atom is -0.480 e. The molecule has 0 saturated carbocycles. The van der Waals surface area contributed by atoms with Crippen molar-refractivity contribution >= 4 is 34.5 Å². The number of hydrogen-bond donors (Lipinski definition) is 3. The molecule has 1 heterocycles. The molecule has 0 aliphatic carbocycles. The molecule has 0 atom stereocenters. The smallest absolute Gasteiger partial charge is 0.317 e. The highest BCUT2D eigenvalue weighted by Crippen LogP contribution is 2.16. The summed E-state index contributed by atoms with van der Waals surface area (Å²) < 4.78 is 0. The van der Waals surface area contributed by atoms with Crippen LogP contribution in [0, 0.1) is 0 Å². The lowest BCUT2D eigenvalue weighted by Crippen LogP contribution is -2.49. The molecule has 0 amide bonds. The number of aliphatic carboxylic acids is 3. The van der Waals surface area contributed by atoms with Crippen molar-refractivity contribution in [2.45, 2.75) is 0 Å². The molecule has 11 nitrogen and oxygen atoms in total. The predicted molar refractivity (Wildman–Crippen MR) is 137 cm³/mol. The van der Waals surface area contributed by atoms with Gasteiger partial charge in [-0.1, -0.05) is 36.4 Å². The van der Waals surface area contributed by atoms with Gasteiger partial charge >= 0.3 is 17.9 Å². The van der Waals surface area contributed by atoms with E-state index in [9.17, 15) is 34.5 Å². The number of benzene rings is 2. The molecule has 3 N–H and O–H groups in total. The third-order valence-corrected chi connectivity index (χ3v) is 6.45. The van der Waals surface area contributed by atoms with Crippen LogP contribution < -0.4 is 0 Å². The molecule has 0 bridgehead atoms. The minimum atomic E-state index is -1.000. The number of carboxylic acids is 3. The van der Waals surface area contributed by atoms with E-state index < -0.39 is 17.9 Å². The molecule has 2 aromatic rings. The Bertz CT molecular complexity index is 1080. The average molecular weight is 515 g/mol. The summed E-state index contributed by atoms with van der Waals surface area (Å²) in [5.74, 6) is -3.04. The highest BCUT2D eigenvalue weighted by molar-refractivity contribution is 6.01. The van der Waals surface area contributed by atoms with Crippen molar-refractivity contribution in [1.82, 2.24) is 19.6 Å². The molecule has 1 saturated heterocycles. The molecule has 0 spiro atoms. The van der Waals surface area contributed by atoms with Crippen LogP contribution in [-0.4, -0.2) is 137 Å². The number of carbonyl (C=O) groups excluding carboxylic acids is 1. The van der Waals surface area contributed by atoms with Crippen molar-refractivity contribution in [2.24, 2.45) is 0 Å². The van der Waals surface area contributed by atoms with Gasteiger partial charge in [-0.3, -0.25) is 38.8 Å². The Morgan fingerprint density at radius 2 is 0.919 bits per heavy atom. The summed E-state index contributed by atoms with van der Waals surface area (Å²) in [5.41, 5.74) is 0.582. The van der Waals surface area contributed by atoms with Gasteiger partial charge in [0, 0.05) is 57.9 Å². The molecular weight excluding hydrogens is 480 g/mol. The van der Waals surface area contributed by atoms with Gasteiger partial charge in [0.1, 0.15) is 0 Å². The molecule has 37 heavy (non-hydrogen) atoms. The van der Waals surface area contributed by atoms with E-state index in [1.165, 1.54) is 0 Å². The third-order valence-electron chi connectivity index (χ3n) is 6.45. The van der Waals surface area contributed by atoms with Gasteiger partial charge in [-0.25, -0.2) is 0 Å². The second-order valence-electron chi connectivity index (χ2n) is 9.27. The Morgan fingerprint density at radius 3 is 1.32 bits per heavy atom. The van der Waals surface area contributed by atoms with E-state index in [0.29, 0.717) is 57.9 Å². The van der Waals surface area contributed by atoms with Gasteiger partial charge in [-0.05, 0) is 16.8 Å². The van der Waals surface area contributed by atoms with Crippen molar-refractivity contribution in [3.63, 3.8) is 0 Å². The van der Waals surface area contributed by atoms with Crippen LogP contribution in [0.5, 0.6) is 0 Å². The van der Waals surface area contributed by atoms with Gasteiger partial charge in [0.2, 0.25) is 0 Å². The van der Waals surface area contributed by atoms with Crippen LogP contribution in [0.15, 0.2) is 42.5 Å². The van der Waals surface area contributed by atoms with E-state index in [0.717, 1.165) is 10.8 Å². The summed E-state index contributed by atoms with van der Waals surface area (Å²) in [5, 5.41) is 30.0. The Labute approximate surface area is 215 Å². The topological polar surface area (TPSA) is 142 Å². The first kappa shape index (κ1) is 28.2. The lowest BCUT2D eigenvalue weighted by molar-refractivity contribution is -0.140. The highest BCUT2D eigenvalue weighted by Gasteiger charge is 2.21. The number of hydrogen-bond acceptors (Lipinski definition) is 8. The van der Waals surface area contributed by atoms with E-state index in [2.05, 4.69) is 0 Å². The normalized spacial score (nSPS) is 17.6. The van der Waals surface area contributed by atoms with Crippen LogP contribution in [-0.2, 0) is 14.4 Å². The summed E-state index contributed by atoms with van der Waals surface area (Å²) in [6, 6.07) is 13.3. The van der Waals surface area contributed by atoms with Gasteiger partial charge in [0.05, 0.1) is 26.2 Å². The maximum Gasteiger partial charge on any atom is 0.317 e. The zero-order chi connectivity index (χ0) is 26.8. The van der Waals surface area contributed by atoms with E-state index in [1.807, 2.05) is 41.3 Å². The SMILES string of the molecule is O=C(O)CN1CCN(CC(=O)O)CCN(CC(=O)c2ccc3ccccc3c2)CCN(CC(=O)O)CC1. The van der Waals surface area contributed by atoms with E-state index in [-0.39, 0.29) is 32.0 Å². The molecule has 1 aliphatic rings. The Morgan fingerprint density at radius 1 is 0.541 bits per heavy atom. The number of rotatable bonds is 9. The fourth-order valence-corrected chi connectivity index (χ4v) is 4.44. The van der Waals surface area contributed by atoms with Crippen LogP contribution in [0.25, 0.3) is 10.8 Å². The third kappa shape index (κ3) is 9.54. The van der Waals surface area contributed by atoms with Crippen molar-refractivity contribution < 1.29 is 34.5 Å². The molecule has 2 aromatic carbocycles. The van der Waals surface area contributed by atoms with Crippen LogP contribution in [0.1, 0.15) is 10.4 Å².